The number of imidazole rings is 2. The van der Waals surface area contributed by atoms with Gasteiger partial charge in [0, 0.05) is 31.0 Å². The first-order valence-electron chi connectivity index (χ1n) is 7.49. The molecule has 0 unspecified atom stereocenters. The molecule has 112 valence electrons. The van der Waals surface area contributed by atoms with Crippen LogP contribution in [0.25, 0.3) is 16.8 Å². The number of hydrogen-bond donors (Lipinski definition) is 0. The quantitative estimate of drug-likeness (QED) is 0.715. The van der Waals surface area contributed by atoms with Crippen LogP contribution in [0.3, 0.4) is 0 Å². The molecule has 3 rings (SSSR count). The van der Waals surface area contributed by atoms with Crippen LogP contribution in [0.2, 0.25) is 0 Å². The largest absolute Gasteiger partial charge is 0.336 e. The van der Waals surface area contributed by atoms with Crippen molar-refractivity contribution in [1.82, 2.24) is 19.1 Å². The fourth-order valence-electron chi connectivity index (χ4n) is 2.55. The third-order valence-corrected chi connectivity index (χ3v) is 3.85. The standard InChI is InChI=1S/C18H20N4/c1-3-15(2)18-17(16-7-5-4-6-8-16)20-14-22(18)12-11-21-10-9-19-13-21/h3-10,13-14H,11-12H2,1-2H3/b15-3+. The molecule has 3 aromatic rings. The van der Waals surface area contributed by atoms with Crippen LogP contribution < -0.4 is 0 Å². The lowest BCUT2D eigenvalue weighted by Crippen LogP contribution is -2.07. The first-order chi connectivity index (χ1) is 10.8. The molecule has 0 spiro atoms. The van der Waals surface area contributed by atoms with E-state index >= 15 is 0 Å². The summed E-state index contributed by atoms with van der Waals surface area (Å²) in [6, 6.07) is 10.3. The van der Waals surface area contributed by atoms with Gasteiger partial charge in [-0.05, 0) is 19.4 Å². The summed E-state index contributed by atoms with van der Waals surface area (Å²) in [6.07, 6.45) is 9.70. The number of nitrogens with zero attached hydrogens (tertiary/aromatic N) is 4. The highest BCUT2D eigenvalue weighted by atomic mass is 15.1. The van der Waals surface area contributed by atoms with Crippen molar-refractivity contribution < 1.29 is 0 Å². The molecule has 1 aromatic carbocycles. The minimum atomic E-state index is 0.872. The molecule has 0 atom stereocenters. The lowest BCUT2D eigenvalue weighted by atomic mass is 10.1. The van der Waals surface area contributed by atoms with Gasteiger partial charge in [0.2, 0.25) is 0 Å². The molecule has 0 aliphatic heterocycles. The molecule has 0 N–H and O–H groups in total. The molecule has 0 amide bonds. The summed E-state index contributed by atoms with van der Waals surface area (Å²) < 4.78 is 4.30. The lowest BCUT2D eigenvalue weighted by molar-refractivity contribution is 0.574. The fraction of sp³-hybridized carbons (Fsp3) is 0.222. The maximum absolute atomic E-state index is 4.65. The number of rotatable bonds is 5. The number of allylic oxidation sites excluding steroid dienone is 2. The van der Waals surface area contributed by atoms with Crippen molar-refractivity contribution in [3.8, 4) is 11.3 Å². The molecule has 0 aliphatic rings. The van der Waals surface area contributed by atoms with Gasteiger partial charge in [-0.3, -0.25) is 0 Å². The molecule has 4 nitrogen and oxygen atoms in total. The molecule has 0 saturated carbocycles. The second kappa shape index (κ2) is 6.43. The van der Waals surface area contributed by atoms with Gasteiger partial charge in [-0.15, -0.1) is 0 Å². The number of benzene rings is 1. The Hall–Kier alpha value is -2.62. The topological polar surface area (TPSA) is 35.6 Å². The van der Waals surface area contributed by atoms with Crippen LogP contribution in [0, 0.1) is 0 Å². The molecule has 4 heteroatoms. The molecule has 0 radical (unpaired) electrons. The van der Waals surface area contributed by atoms with Crippen LogP contribution in [0.5, 0.6) is 0 Å². The highest BCUT2D eigenvalue weighted by molar-refractivity contribution is 5.76. The fourth-order valence-corrected chi connectivity index (χ4v) is 2.55. The maximum atomic E-state index is 4.65. The van der Waals surface area contributed by atoms with Crippen molar-refractivity contribution in [3.63, 3.8) is 0 Å². The van der Waals surface area contributed by atoms with Gasteiger partial charge >= 0.3 is 0 Å². The molecule has 2 heterocycles. The Kier molecular flexibility index (Phi) is 4.19. The van der Waals surface area contributed by atoms with E-state index in [0.29, 0.717) is 0 Å². The van der Waals surface area contributed by atoms with Crippen LogP contribution in [-0.4, -0.2) is 19.1 Å². The van der Waals surface area contributed by atoms with Crippen molar-refractivity contribution in [2.75, 3.05) is 0 Å². The third kappa shape index (κ3) is 2.86. The van der Waals surface area contributed by atoms with Crippen LogP contribution in [-0.2, 0) is 13.1 Å². The number of hydrogen-bond acceptors (Lipinski definition) is 2. The Morgan fingerprint density at radius 3 is 2.64 bits per heavy atom. The van der Waals surface area contributed by atoms with E-state index in [2.05, 4.69) is 63.3 Å². The highest BCUT2D eigenvalue weighted by Crippen LogP contribution is 2.27. The summed E-state index contributed by atoms with van der Waals surface area (Å²) in [5.41, 5.74) is 4.62. The van der Waals surface area contributed by atoms with Gasteiger partial charge in [-0.25, -0.2) is 9.97 Å². The monoisotopic (exact) mass is 292 g/mol. The molecule has 0 fully saturated rings. The first-order valence-corrected chi connectivity index (χ1v) is 7.49. The number of aryl methyl sites for hydroxylation is 2. The van der Waals surface area contributed by atoms with Gasteiger partial charge in [0.1, 0.15) is 0 Å². The van der Waals surface area contributed by atoms with Crippen LogP contribution in [0.1, 0.15) is 19.5 Å². The summed E-state index contributed by atoms with van der Waals surface area (Å²) in [5.74, 6) is 0. The Morgan fingerprint density at radius 1 is 1.14 bits per heavy atom. The molecule has 0 bridgehead atoms. The second-order valence-corrected chi connectivity index (χ2v) is 5.27. The van der Waals surface area contributed by atoms with E-state index in [1.807, 2.05) is 24.9 Å². The van der Waals surface area contributed by atoms with E-state index < -0.39 is 0 Å². The van der Waals surface area contributed by atoms with Gasteiger partial charge in [0.15, 0.2) is 0 Å². The average Bonchev–Trinajstić information content (AvgIpc) is 3.22. The summed E-state index contributed by atoms with van der Waals surface area (Å²) in [5, 5.41) is 0. The number of aromatic nitrogens is 4. The van der Waals surface area contributed by atoms with Crippen LogP contribution in [0.15, 0.2) is 61.5 Å². The second-order valence-electron chi connectivity index (χ2n) is 5.27. The van der Waals surface area contributed by atoms with Crippen molar-refractivity contribution in [1.29, 1.82) is 0 Å². The van der Waals surface area contributed by atoms with E-state index in [0.717, 1.165) is 24.3 Å². The molecule has 22 heavy (non-hydrogen) atoms. The van der Waals surface area contributed by atoms with Crippen molar-refractivity contribution in [3.05, 3.63) is 67.2 Å². The zero-order chi connectivity index (χ0) is 15.4. The molecule has 0 saturated heterocycles. The zero-order valence-corrected chi connectivity index (χ0v) is 13.0. The van der Waals surface area contributed by atoms with Gasteiger partial charge < -0.3 is 9.13 Å². The normalized spacial score (nSPS) is 11.8. The van der Waals surface area contributed by atoms with Gasteiger partial charge in [0.05, 0.1) is 24.0 Å². The van der Waals surface area contributed by atoms with Gasteiger partial charge in [-0.1, -0.05) is 36.4 Å². The Morgan fingerprint density at radius 2 is 1.95 bits per heavy atom. The Balaban J connectivity index is 1.95. The van der Waals surface area contributed by atoms with Crippen LogP contribution >= 0.6 is 0 Å². The van der Waals surface area contributed by atoms with Crippen molar-refractivity contribution in [2.45, 2.75) is 26.9 Å². The third-order valence-electron chi connectivity index (χ3n) is 3.85. The smallest absolute Gasteiger partial charge is 0.0959 e. The summed E-state index contributed by atoms with van der Waals surface area (Å²) >= 11 is 0. The van der Waals surface area contributed by atoms with Gasteiger partial charge in [-0.2, -0.15) is 0 Å². The molecular weight excluding hydrogens is 272 g/mol. The lowest BCUT2D eigenvalue weighted by Gasteiger charge is -2.11. The summed E-state index contributed by atoms with van der Waals surface area (Å²) in [6.45, 7) is 5.96. The minimum absolute atomic E-state index is 0.872. The van der Waals surface area contributed by atoms with E-state index in [1.165, 1.54) is 11.3 Å². The summed E-state index contributed by atoms with van der Waals surface area (Å²) in [4.78, 5) is 8.74. The SMILES string of the molecule is C/C=C(\C)c1c(-c2ccccc2)ncn1CCn1ccnc1. The predicted octanol–water partition coefficient (Wildman–Crippen LogP) is 3.87. The Labute approximate surface area is 130 Å². The van der Waals surface area contributed by atoms with Crippen molar-refractivity contribution in [2.24, 2.45) is 0 Å². The van der Waals surface area contributed by atoms with Crippen LogP contribution in [0.4, 0.5) is 0 Å². The minimum Gasteiger partial charge on any atom is -0.336 e. The maximum Gasteiger partial charge on any atom is 0.0959 e. The zero-order valence-electron chi connectivity index (χ0n) is 13.0. The van der Waals surface area contributed by atoms with Gasteiger partial charge in [0.25, 0.3) is 0 Å². The van der Waals surface area contributed by atoms with Crippen molar-refractivity contribution >= 4 is 5.57 Å². The molecule has 2 aromatic heterocycles. The molecular formula is C18H20N4. The average molecular weight is 292 g/mol. The van der Waals surface area contributed by atoms with E-state index in [-0.39, 0.29) is 0 Å². The van der Waals surface area contributed by atoms with E-state index in [9.17, 15) is 0 Å². The highest BCUT2D eigenvalue weighted by Gasteiger charge is 2.13. The Bertz CT molecular complexity index is 752. The molecule has 0 aliphatic carbocycles. The van der Waals surface area contributed by atoms with E-state index in [4.69, 9.17) is 0 Å². The first kappa shape index (κ1) is 14.3. The van der Waals surface area contributed by atoms with E-state index in [1.54, 1.807) is 6.20 Å². The predicted molar refractivity (Wildman–Crippen MR) is 89.2 cm³/mol. The summed E-state index contributed by atoms with van der Waals surface area (Å²) in [7, 11) is 0.